The Bertz CT molecular complexity index is 1010. The Morgan fingerprint density at radius 1 is 1.31 bits per heavy atom. The van der Waals surface area contributed by atoms with Crippen LogP contribution in [0.25, 0.3) is 11.1 Å². The molecule has 1 atom stereocenters. The van der Waals surface area contributed by atoms with E-state index in [4.69, 9.17) is 10.5 Å². The van der Waals surface area contributed by atoms with E-state index in [0.29, 0.717) is 28.9 Å². The average Bonchev–Trinajstić information content (AvgIpc) is 2.59. The maximum atomic E-state index is 12.2. The molecule has 1 amide bonds. The van der Waals surface area contributed by atoms with Gasteiger partial charge in [0.25, 0.3) is 0 Å². The second-order valence-corrected chi connectivity index (χ2v) is 9.73. The molecule has 8 heteroatoms. The lowest BCUT2D eigenvalue weighted by molar-refractivity contribution is 0.0503. The molecule has 0 aliphatic heterocycles. The molecule has 1 heterocycles. The van der Waals surface area contributed by atoms with Crippen molar-refractivity contribution >= 4 is 21.6 Å². The van der Waals surface area contributed by atoms with Crippen LogP contribution >= 0.6 is 0 Å². The van der Waals surface area contributed by atoms with Crippen LogP contribution in [0, 0.1) is 0 Å². The van der Waals surface area contributed by atoms with Gasteiger partial charge in [0.1, 0.15) is 5.60 Å². The molecule has 0 saturated heterocycles. The Morgan fingerprint density at radius 2 is 2.00 bits per heavy atom. The van der Waals surface area contributed by atoms with Gasteiger partial charge in [-0.2, -0.15) is 0 Å². The van der Waals surface area contributed by atoms with Crippen molar-refractivity contribution in [1.82, 2.24) is 10.3 Å². The fourth-order valence-electron chi connectivity index (χ4n) is 2.69. The van der Waals surface area contributed by atoms with Crippen LogP contribution in [0.1, 0.15) is 38.9 Å². The van der Waals surface area contributed by atoms with Crippen LogP contribution in [0.4, 0.5) is 10.5 Å². The van der Waals surface area contributed by atoms with Gasteiger partial charge in [-0.3, -0.25) is 4.98 Å². The summed E-state index contributed by atoms with van der Waals surface area (Å²) in [4.78, 5) is 16.7. The molecule has 29 heavy (non-hydrogen) atoms. The number of nitrogens with zero attached hydrogens (tertiary/aromatic N) is 1. The van der Waals surface area contributed by atoms with E-state index >= 15 is 0 Å². The van der Waals surface area contributed by atoms with E-state index in [2.05, 4.69) is 16.9 Å². The van der Waals surface area contributed by atoms with Gasteiger partial charge in [-0.15, -0.1) is 6.58 Å². The number of carbonyl (C=O) groups excluding carboxylic acids is 1. The zero-order chi connectivity index (χ0) is 21.8. The molecular weight excluding hydrogens is 390 g/mol. The van der Waals surface area contributed by atoms with Crippen LogP contribution in [0.5, 0.6) is 0 Å². The molecular formula is C21H27N3O4S. The van der Waals surface area contributed by atoms with Crippen molar-refractivity contribution in [2.75, 3.05) is 12.0 Å². The van der Waals surface area contributed by atoms with Gasteiger partial charge in [-0.05, 0) is 63.1 Å². The number of pyridine rings is 1. The van der Waals surface area contributed by atoms with Crippen LogP contribution in [-0.2, 0) is 14.6 Å². The number of nitrogens with one attached hydrogen (secondary N) is 1. The highest BCUT2D eigenvalue weighted by Gasteiger charge is 2.21. The Hall–Kier alpha value is -2.87. The van der Waals surface area contributed by atoms with Crippen molar-refractivity contribution in [1.29, 1.82) is 0 Å². The zero-order valence-corrected chi connectivity index (χ0v) is 17.9. The highest BCUT2D eigenvalue weighted by atomic mass is 32.2. The number of aromatic nitrogens is 1. The quantitative estimate of drug-likeness (QED) is 0.545. The molecule has 0 radical (unpaired) electrons. The summed E-state index contributed by atoms with van der Waals surface area (Å²) in [6.45, 7) is 9.08. The molecule has 2 rings (SSSR count). The minimum Gasteiger partial charge on any atom is -0.444 e. The molecule has 0 saturated carbocycles. The second-order valence-electron chi connectivity index (χ2n) is 7.71. The van der Waals surface area contributed by atoms with Crippen molar-refractivity contribution in [3.63, 3.8) is 0 Å². The van der Waals surface area contributed by atoms with Gasteiger partial charge >= 0.3 is 6.09 Å². The van der Waals surface area contributed by atoms with Gasteiger partial charge < -0.3 is 15.8 Å². The lowest BCUT2D eigenvalue weighted by Gasteiger charge is -2.23. The number of ether oxygens (including phenoxy) is 1. The van der Waals surface area contributed by atoms with E-state index < -0.39 is 27.6 Å². The van der Waals surface area contributed by atoms with Crippen LogP contribution in [-0.4, -0.2) is 31.4 Å². The number of amides is 1. The van der Waals surface area contributed by atoms with E-state index in [1.54, 1.807) is 51.2 Å². The van der Waals surface area contributed by atoms with Gasteiger partial charge in [0.15, 0.2) is 9.84 Å². The van der Waals surface area contributed by atoms with Crippen LogP contribution in [0.3, 0.4) is 0 Å². The van der Waals surface area contributed by atoms with E-state index in [9.17, 15) is 13.2 Å². The maximum absolute atomic E-state index is 12.2. The minimum atomic E-state index is -3.38. The van der Waals surface area contributed by atoms with Crippen molar-refractivity contribution < 1.29 is 17.9 Å². The van der Waals surface area contributed by atoms with E-state index in [1.165, 1.54) is 12.1 Å². The monoisotopic (exact) mass is 417 g/mol. The van der Waals surface area contributed by atoms with Crippen molar-refractivity contribution in [2.45, 2.75) is 43.7 Å². The number of hydrogen-bond donors (Lipinski definition) is 2. The first-order valence-electron chi connectivity index (χ1n) is 9.07. The number of nitrogen functional groups attached to an aromatic ring is 1. The smallest absolute Gasteiger partial charge is 0.408 e. The lowest BCUT2D eigenvalue weighted by atomic mass is 10.0. The van der Waals surface area contributed by atoms with E-state index in [0.717, 1.165) is 6.26 Å². The summed E-state index contributed by atoms with van der Waals surface area (Å²) >= 11 is 0. The third-order valence-electron chi connectivity index (χ3n) is 4.00. The van der Waals surface area contributed by atoms with Gasteiger partial charge in [0, 0.05) is 23.7 Å². The third-order valence-corrected chi connectivity index (χ3v) is 5.11. The van der Waals surface area contributed by atoms with Crippen molar-refractivity contribution in [3.05, 3.63) is 54.9 Å². The number of benzene rings is 1. The first kappa shape index (κ1) is 22.4. The molecule has 156 valence electrons. The summed E-state index contributed by atoms with van der Waals surface area (Å²) < 4.78 is 29.1. The standard InChI is InChI=1S/C21H27N3O4S/c1-6-7-18(24-20(25)28-21(2,3)4)19-12-14(10-11-23-19)16-13-15(29(5,26)27)8-9-17(16)22/h6,8-13,18H,1,7,22H2,2-5H3,(H,24,25)/t18-/m0/s1. The van der Waals surface area contributed by atoms with E-state index in [-0.39, 0.29) is 4.90 Å². The zero-order valence-electron chi connectivity index (χ0n) is 17.1. The molecule has 0 fully saturated rings. The molecule has 1 aromatic carbocycles. The maximum Gasteiger partial charge on any atom is 0.408 e. The molecule has 1 aromatic heterocycles. The van der Waals surface area contributed by atoms with Crippen LogP contribution < -0.4 is 11.1 Å². The molecule has 7 nitrogen and oxygen atoms in total. The number of rotatable bonds is 6. The topological polar surface area (TPSA) is 111 Å². The van der Waals surface area contributed by atoms with Crippen LogP contribution in [0.2, 0.25) is 0 Å². The molecule has 0 aliphatic carbocycles. The Labute approximate surface area is 171 Å². The minimum absolute atomic E-state index is 0.176. The summed E-state index contributed by atoms with van der Waals surface area (Å²) in [5, 5.41) is 2.80. The van der Waals surface area contributed by atoms with Gasteiger partial charge in [0.05, 0.1) is 16.6 Å². The van der Waals surface area contributed by atoms with Crippen molar-refractivity contribution in [2.24, 2.45) is 0 Å². The normalized spacial score (nSPS) is 12.8. The fourth-order valence-corrected chi connectivity index (χ4v) is 3.34. The highest BCUT2D eigenvalue weighted by molar-refractivity contribution is 7.90. The first-order chi connectivity index (χ1) is 13.4. The summed E-state index contributed by atoms with van der Waals surface area (Å²) in [5.74, 6) is 0. The molecule has 0 bridgehead atoms. The third kappa shape index (κ3) is 6.32. The largest absolute Gasteiger partial charge is 0.444 e. The number of nitrogens with two attached hydrogens (primary N) is 1. The molecule has 0 aliphatic rings. The van der Waals surface area contributed by atoms with E-state index in [1.807, 2.05) is 0 Å². The predicted molar refractivity (Wildman–Crippen MR) is 114 cm³/mol. The number of anilines is 1. The summed E-state index contributed by atoms with van der Waals surface area (Å²) in [6.07, 6.45) is 4.29. The van der Waals surface area contributed by atoms with Gasteiger partial charge in [-0.25, -0.2) is 13.2 Å². The number of carbonyl (C=O) groups is 1. The fraction of sp³-hybridized carbons (Fsp3) is 0.333. The van der Waals surface area contributed by atoms with Crippen LogP contribution in [0.15, 0.2) is 54.1 Å². The predicted octanol–water partition coefficient (Wildman–Crippen LogP) is 3.88. The molecule has 0 spiro atoms. The Kier molecular flexibility index (Phi) is 6.69. The van der Waals surface area contributed by atoms with Crippen molar-refractivity contribution in [3.8, 4) is 11.1 Å². The summed E-state index contributed by atoms with van der Waals surface area (Å²) in [5.41, 5.74) is 7.74. The number of hydrogen-bond acceptors (Lipinski definition) is 6. The van der Waals surface area contributed by atoms with Gasteiger partial charge in [0.2, 0.25) is 0 Å². The highest BCUT2D eigenvalue weighted by Crippen LogP contribution is 2.30. The SMILES string of the molecule is C=CC[C@H](NC(=O)OC(C)(C)C)c1cc(-c2cc(S(C)(=O)=O)ccc2N)ccn1. The summed E-state index contributed by atoms with van der Waals surface area (Å²) in [7, 11) is -3.38. The Balaban J connectivity index is 2.41. The Morgan fingerprint density at radius 3 is 2.59 bits per heavy atom. The average molecular weight is 418 g/mol. The first-order valence-corrected chi connectivity index (χ1v) is 11.0. The number of alkyl carbamates (subject to hydrolysis) is 1. The molecule has 0 unspecified atom stereocenters. The molecule has 2 aromatic rings. The second kappa shape index (κ2) is 8.65. The number of sulfone groups is 1. The summed E-state index contributed by atoms with van der Waals surface area (Å²) in [6, 6.07) is 7.62. The lowest BCUT2D eigenvalue weighted by Crippen LogP contribution is -2.35. The molecule has 3 N–H and O–H groups in total. The van der Waals surface area contributed by atoms with Gasteiger partial charge in [-0.1, -0.05) is 6.08 Å².